The highest BCUT2D eigenvalue weighted by Gasteiger charge is 2.40. The summed E-state index contributed by atoms with van der Waals surface area (Å²) < 4.78 is 0. The van der Waals surface area contributed by atoms with Crippen LogP contribution in [-0.2, 0) is 17.8 Å². The lowest BCUT2D eigenvalue weighted by molar-refractivity contribution is -0.147. The van der Waals surface area contributed by atoms with Gasteiger partial charge in [0.25, 0.3) is 0 Å². The van der Waals surface area contributed by atoms with Crippen molar-refractivity contribution in [2.45, 2.75) is 31.3 Å². The molecule has 2 aromatic rings. The summed E-state index contributed by atoms with van der Waals surface area (Å²) in [7, 11) is 0. The maximum Gasteiger partial charge on any atom is 0.323 e. The summed E-state index contributed by atoms with van der Waals surface area (Å²) in [5, 5.41) is 13.1. The molecule has 1 saturated heterocycles. The van der Waals surface area contributed by atoms with E-state index in [4.69, 9.17) is 0 Å². The number of carbonyl (C=O) groups is 1. The van der Waals surface area contributed by atoms with Crippen molar-refractivity contribution in [3.05, 3.63) is 71.8 Å². The molecule has 1 aliphatic heterocycles. The van der Waals surface area contributed by atoms with Crippen LogP contribution in [0.15, 0.2) is 60.7 Å². The van der Waals surface area contributed by atoms with Crippen molar-refractivity contribution in [1.29, 1.82) is 0 Å². The smallest absolute Gasteiger partial charge is 0.323 e. The molecule has 1 fully saturated rings. The fourth-order valence-electron chi connectivity index (χ4n) is 3.49. The van der Waals surface area contributed by atoms with Gasteiger partial charge in [0.15, 0.2) is 0 Å². The first-order valence-electron chi connectivity index (χ1n) is 8.97. The molecule has 0 bridgehead atoms. The maximum atomic E-state index is 11.9. The molecule has 3 rings (SSSR count). The summed E-state index contributed by atoms with van der Waals surface area (Å²) in [6.45, 7) is 3.19. The quantitative estimate of drug-likeness (QED) is 0.815. The predicted octanol–water partition coefficient (Wildman–Crippen LogP) is 2.94. The van der Waals surface area contributed by atoms with Crippen molar-refractivity contribution in [3.63, 3.8) is 0 Å². The number of piperidine rings is 1. The summed E-state index contributed by atoms with van der Waals surface area (Å²) >= 11 is 0. The Balaban J connectivity index is 1.53. The van der Waals surface area contributed by atoms with E-state index in [1.807, 2.05) is 36.4 Å². The van der Waals surface area contributed by atoms with Gasteiger partial charge in [-0.05, 0) is 30.4 Å². The average molecular weight is 338 g/mol. The van der Waals surface area contributed by atoms with Gasteiger partial charge in [-0.3, -0.25) is 9.69 Å². The van der Waals surface area contributed by atoms with Crippen LogP contribution >= 0.6 is 0 Å². The van der Waals surface area contributed by atoms with Gasteiger partial charge in [0, 0.05) is 26.2 Å². The molecule has 0 radical (unpaired) electrons. The van der Waals surface area contributed by atoms with Gasteiger partial charge < -0.3 is 10.4 Å². The first-order valence-corrected chi connectivity index (χ1v) is 8.97. The van der Waals surface area contributed by atoms with Crippen LogP contribution in [0.1, 0.15) is 24.0 Å². The predicted molar refractivity (Wildman–Crippen MR) is 99.5 cm³/mol. The van der Waals surface area contributed by atoms with Crippen LogP contribution in [0, 0.1) is 0 Å². The molecule has 1 aliphatic rings. The molecule has 4 heteroatoms. The number of benzene rings is 2. The zero-order valence-electron chi connectivity index (χ0n) is 14.5. The van der Waals surface area contributed by atoms with Gasteiger partial charge in [-0.1, -0.05) is 60.7 Å². The van der Waals surface area contributed by atoms with Crippen LogP contribution in [0.5, 0.6) is 0 Å². The molecule has 1 heterocycles. The summed E-state index contributed by atoms with van der Waals surface area (Å²) in [4.78, 5) is 14.2. The fourth-order valence-corrected chi connectivity index (χ4v) is 3.49. The Kier molecular flexibility index (Phi) is 5.84. The highest BCUT2D eigenvalue weighted by molar-refractivity contribution is 5.79. The van der Waals surface area contributed by atoms with Gasteiger partial charge in [-0.25, -0.2) is 0 Å². The number of nitrogens with one attached hydrogen (secondary N) is 1. The number of aliphatic carboxylic acids is 1. The van der Waals surface area contributed by atoms with Crippen LogP contribution in [0.4, 0.5) is 0 Å². The monoisotopic (exact) mass is 338 g/mol. The van der Waals surface area contributed by atoms with Crippen molar-refractivity contribution in [2.75, 3.05) is 19.6 Å². The van der Waals surface area contributed by atoms with Crippen molar-refractivity contribution in [1.82, 2.24) is 10.2 Å². The van der Waals surface area contributed by atoms with E-state index in [2.05, 4.69) is 34.5 Å². The molecule has 132 valence electrons. The van der Waals surface area contributed by atoms with Crippen LogP contribution in [0.25, 0.3) is 0 Å². The van der Waals surface area contributed by atoms with Crippen molar-refractivity contribution >= 4 is 5.97 Å². The molecule has 0 saturated carbocycles. The highest BCUT2D eigenvalue weighted by atomic mass is 16.4. The topological polar surface area (TPSA) is 52.6 Å². The zero-order chi connectivity index (χ0) is 17.5. The normalized spacial score (nSPS) is 17.3. The summed E-state index contributed by atoms with van der Waals surface area (Å²) in [5.41, 5.74) is 1.72. The molecule has 0 atom stereocenters. The fraction of sp³-hybridized carbons (Fsp3) is 0.381. The molecule has 25 heavy (non-hydrogen) atoms. The lowest BCUT2D eigenvalue weighted by Crippen LogP contribution is -2.58. The van der Waals surface area contributed by atoms with E-state index in [-0.39, 0.29) is 0 Å². The van der Waals surface area contributed by atoms with Gasteiger partial charge >= 0.3 is 5.97 Å². The molecule has 0 amide bonds. The lowest BCUT2D eigenvalue weighted by Gasteiger charge is -2.39. The second-order valence-corrected chi connectivity index (χ2v) is 6.81. The minimum absolute atomic E-state index is 0.643. The van der Waals surface area contributed by atoms with E-state index in [0.29, 0.717) is 19.4 Å². The van der Waals surface area contributed by atoms with E-state index in [1.54, 1.807) is 0 Å². The number of nitrogens with zero attached hydrogens (tertiary/aromatic N) is 1. The second-order valence-electron chi connectivity index (χ2n) is 6.81. The van der Waals surface area contributed by atoms with E-state index in [9.17, 15) is 9.90 Å². The molecule has 0 aliphatic carbocycles. The van der Waals surface area contributed by atoms with E-state index in [0.717, 1.165) is 26.1 Å². The molecular weight excluding hydrogens is 312 g/mol. The Morgan fingerprint density at radius 3 is 2.08 bits per heavy atom. The molecule has 2 N–H and O–H groups in total. The number of carboxylic acid groups (broad SMARTS) is 1. The third-order valence-corrected chi connectivity index (χ3v) is 5.09. The standard InChI is InChI=1S/C21H26N2O2/c24-20(25)21(22-14-11-18-7-3-1-4-8-18)12-15-23(16-13-21)17-19-9-5-2-6-10-19/h1-10,22H,11-17H2,(H,24,25). The van der Waals surface area contributed by atoms with Crippen LogP contribution in [-0.4, -0.2) is 41.1 Å². The third kappa shape index (κ3) is 4.68. The Bertz CT molecular complexity index is 665. The zero-order valence-corrected chi connectivity index (χ0v) is 14.5. The van der Waals surface area contributed by atoms with Crippen LogP contribution in [0.3, 0.4) is 0 Å². The van der Waals surface area contributed by atoms with E-state index >= 15 is 0 Å². The molecule has 0 unspecified atom stereocenters. The summed E-state index contributed by atoms with van der Waals surface area (Å²) in [6.07, 6.45) is 2.14. The first-order chi connectivity index (χ1) is 12.2. The van der Waals surface area contributed by atoms with Crippen molar-refractivity contribution < 1.29 is 9.90 Å². The first kappa shape index (κ1) is 17.6. The molecule has 4 nitrogen and oxygen atoms in total. The Hall–Kier alpha value is -2.17. The number of rotatable bonds is 7. The summed E-state index contributed by atoms with van der Waals surface area (Å²) in [5.74, 6) is -0.722. The Labute approximate surface area is 149 Å². The minimum atomic E-state index is -0.790. The third-order valence-electron chi connectivity index (χ3n) is 5.09. The number of hydrogen-bond acceptors (Lipinski definition) is 3. The molecule has 0 spiro atoms. The Morgan fingerprint density at radius 2 is 1.52 bits per heavy atom. The van der Waals surface area contributed by atoms with Gasteiger partial charge in [-0.15, -0.1) is 0 Å². The minimum Gasteiger partial charge on any atom is -0.480 e. The number of carboxylic acids is 1. The van der Waals surface area contributed by atoms with Gasteiger partial charge in [0.2, 0.25) is 0 Å². The van der Waals surface area contributed by atoms with Gasteiger partial charge in [-0.2, -0.15) is 0 Å². The van der Waals surface area contributed by atoms with Crippen LogP contribution < -0.4 is 5.32 Å². The number of hydrogen-bond donors (Lipinski definition) is 2. The second kappa shape index (κ2) is 8.28. The molecular formula is C21H26N2O2. The van der Waals surface area contributed by atoms with Crippen LogP contribution in [0.2, 0.25) is 0 Å². The van der Waals surface area contributed by atoms with E-state index < -0.39 is 11.5 Å². The highest BCUT2D eigenvalue weighted by Crippen LogP contribution is 2.24. The van der Waals surface area contributed by atoms with E-state index in [1.165, 1.54) is 11.1 Å². The molecule has 2 aromatic carbocycles. The largest absolute Gasteiger partial charge is 0.480 e. The van der Waals surface area contributed by atoms with Gasteiger partial charge in [0.1, 0.15) is 5.54 Å². The summed E-state index contributed by atoms with van der Waals surface area (Å²) in [6, 6.07) is 20.6. The SMILES string of the molecule is O=C(O)C1(NCCc2ccccc2)CCN(Cc2ccccc2)CC1. The number of likely N-dealkylation sites (tertiary alicyclic amines) is 1. The maximum absolute atomic E-state index is 11.9. The van der Waals surface area contributed by atoms with Crippen molar-refractivity contribution in [2.24, 2.45) is 0 Å². The van der Waals surface area contributed by atoms with Crippen molar-refractivity contribution in [3.8, 4) is 0 Å². The average Bonchev–Trinajstić information content (AvgIpc) is 2.65. The lowest BCUT2D eigenvalue weighted by atomic mass is 9.87. The molecule has 0 aromatic heterocycles. The van der Waals surface area contributed by atoms with Gasteiger partial charge in [0.05, 0.1) is 0 Å². The Morgan fingerprint density at radius 1 is 0.960 bits per heavy atom.